The Morgan fingerprint density at radius 3 is 2.73 bits per heavy atom. The van der Waals surface area contributed by atoms with E-state index in [9.17, 15) is 19.5 Å². The van der Waals surface area contributed by atoms with E-state index in [1.807, 2.05) is 0 Å². The number of nitrogen functional groups attached to an aromatic ring is 1. The number of aliphatic hydroxyl groups is 1. The normalized spacial score (nSPS) is 22.7. The quantitative estimate of drug-likeness (QED) is 0.402. The molecule has 0 saturated carbocycles. The van der Waals surface area contributed by atoms with Gasteiger partial charge in [0.15, 0.2) is 17.2 Å². The number of nitrogens with one attached hydrogen (secondary N) is 1. The Bertz CT molecular complexity index is 1360. The van der Waals surface area contributed by atoms with Crippen LogP contribution < -0.4 is 11.1 Å². The summed E-state index contributed by atoms with van der Waals surface area (Å²) in [4.78, 5) is 48.0. The highest BCUT2D eigenvalue weighted by Crippen LogP contribution is 2.42. The van der Waals surface area contributed by atoms with Gasteiger partial charge in [0.05, 0.1) is 30.1 Å². The van der Waals surface area contributed by atoms with E-state index >= 15 is 0 Å². The highest BCUT2D eigenvalue weighted by Gasteiger charge is 2.45. The molecule has 37 heavy (non-hydrogen) atoms. The van der Waals surface area contributed by atoms with Crippen LogP contribution in [0, 0.1) is 5.92 Å². The molecule has 0 radical (unpaired) electrons. The number of aromatic nitrogens is 4. The summed E-state index contributed by atoms with van der Waals surface area (Å²) in [5, 5.41) is 16.3. The molecule has 0 aliphatic carbocycles. The number of rotatable bonds is 7. The number of carbonyl (C=O) groups excluding carboxylic acids is 3. The summed E-state index contributed by atoms with van der Waals surface area (Å²) in [6, 6.07) is 3.13. The maximum absolute atomic E-state index is 12.7. The van der Waals surface area contributed by atoms with Crippen LogP contribution in [0.5, 0.6) is 0 Å². The topological polar surface area (TPSA) is 165 Å². The van der Waals surface area contributed by atoms with Crippen molar-refractivity contribution in [2.45, 2.75) is 38.6 Å². The van der Waals surface area contributed by atoms with Crippen LogP contribution in [0.25, 0.3) is 16.8 Å². The van der Waals surface area contributed by atoms with Gasteiger partial charge in [0.25, 0.3) is 0 Å². The molecule has 5 rings (SSSR count). The third kappa shape index (κ3) is 4.42. The Morgan fingerprint density at radius 2 is 2.08 bits per heavy atom. The van der Waals surface area contributed by atoms with Crippen LogP contribution in [0.1, 0.15) is 48.7 Å². The summed E-state index contributed by atoms with van der Waals surface area (Å²) in [5.41, 5.74) is 9.27. The zero-order chi connectivity index (χ0) is 26.3. The number of Topliss-reactive ketones (excluding diaryl/α,β-unsaturated/α-hetero) is 2. The number of piperidine rings is 1. The standard InChI is InChI=1S/C25H29N7O5/c1-3-37-25(36)29-19-5-4-15(9-27-19)17-10-28-32-23(26)20(13(2)34)21(30-24(17)32)16-8-14-6-7-31(11-16)22(14)18(35)12-33/h4-5,9-10,14,16,22,33H,3,6-8,11-12,26H2,1-2H3,(H,27,29,36). The minimum absolute atomic E-state index is 0.0884. The summed E-state index contributed by atoms with van der Waals surface area (Å²) in [6.45, 7) is 4.27. The molecule has 0 aromatic carbocycles. The maximum atomic E-state index is 12.7. The molecular weight excluding hydrogens is 478 g/mol. The molecule has 4 unspecified atom stereocenters. The second-order valence-electron chi connectivity index (χ2n) is 9.43. The number of fused-ring (bicyclic) bond motifs is 3. The van der Waals surface area contributed by atoms with Crippen LogP contribution in [0.15, 0.2) is 24.5 Å². The molecule has 2 aliphatic rings. The van der Waals surface area contributed by atoms with Crippen molar-refractivity contribution >= 4 is 34.9 Å². The lowest BCUT2D eigenvalue weighted by Gasteiger charge is -2.36. The molecule has 2 saturated heterocycles. The van der Waals surface area contributed by atoms with Gasteiger partial charge in [0.1, 0.15) is 18.2 Å². The van der Waals surface area contributed by atoms with Crippen molar-refractivity contribution in [1.82, 2.24) is 24.5 Å². The first kappa shape index (κ1) is 24.8. The first-order chi connectivity index (χ1) is 17.8. The molecule has 12 heteroatoms. The fourth-order valence-electron chi connectivity index (χ4n) is 5.65. The number of hydrogen-bond acceptors (Lipinski definition) is 10. The average molecular weight is 508 g/mol. The Hall–Kier alpha value is -3.90. The lowest BCUT2D eigenvalue weighted by Crippen LogP contribution is -2.47. The monoisotopic (exact) mass is 507 g/mol. The molecule has 2 fully saturated rings. The summed E-state index contributed by atoms with van der Waals surface area (Å²) >= 11 is 0. The van der Waals surface area contributed by atoms with E-state index in [0.29, 0.717) is 46.8 Å². The van der Waals surface area contributed by atoms with Gasteiger partial charge in [-0.05, 0) is 51.3 Å². The van der Waals surface area contributed by atoms with Gasteiger partial charge in [-0.1, -0.05) is 0 Å². The van der Waals surface area contributed by atoms with E-state index in [4.69, 9.17) is 15.5 Å². The van der Waals surface area contributed by atoms with Crippen molar-refractivity contribution in [1.29, 1.82) is 0 Å². The van der Waals surface area contributed by atoms with Gasteiger partial charge < -0.3 is 15.6 Å². The number of amides is 1. The van der Waals surface area contributed by atoms with Crippen molar-refractivity contribution in [3.05, 3.63) is 35.8 Å². The fraction of sp³-hybridized carbons (Fsp3) is 0.440. The lowest BCUT2D eigenvalue weighted by atomic mass is 9.81. The molecule has 3 aromatic rings. The summed E-state index contributed by atoms with van der Waals surface area (Å²) in [6.07, 6.45) is 4.15. The Kier molecular flexibility index (Phi) is 6.61. The number of hydrogen-bond donors (Lipinski definition) is 3. The smallest absolute Gasteiger partial charge is 0.412 e. The van der Waals surface area contributed by atoms with E-state index in [1.54, 1.807) is 31.5 Å². The molecule has 1 amide bonds. The maximum Gasteiger partial charge on any atom is 0.412 e. The van der Waals surface area contributed by atoms with Crippen molar-refractivity contribution in [2.24, 2.45) is 5.92 Å². The number of carbonyl (C=O) groups is 3. The van der Waals surface area contributed by atoms with Crippen molar-refractivity contribution < 1.29 is 24.2 Å². The largest absolute Gasteiger partial charge is 0.450 e. The van der Waals surface area contributed by atoms with E-state index in [2.05, 4.69) is 20.3 Å². The minimum Gasteiger partial charge on any atom is -0.450 e. The second-order valence-corrected chi connectivity index (χ2v) is 9.43. The van der Waals surface area contributed by atoms with Crippen molar-refractivity contribution in [3.8, 4) is 11.1 Å². The molecule has 12 nitrogen and oxygen atoms in total. The van der Waals surface area contributed by atoms with Gasteiger partial charge in [0.2, 0.25) is 0 Å². The van der Waals surface area contributed by atoms with Crippen LogP contribution in [0.3, 0.4) is 0 Å². The molecule has 3 aromatic heterocycles. The van der Waals surface area contributed by atoms with E-state index in [1.165, 1.54) is 11.4 Å². The van der Waals surface area contributed by atoms with Crippen LogP contribution in [-0.4, -0.2) is 79.6 Å². The number of ketones is 2. The third-order valence-electron chi connectivity index (χ3n) is 7.18. The first-order valence-corrected chi connectivity index (χ1v) is 12.3. The predicted octanol–water partition coefficient (Wildman–Crippen LogP) is 1.88. The zero-order valence-corrected chi connectivity index (χ0v) is 20.7. The van der Waals surface area contributed by atoms with Gasteiger partial charge in [-0.25, -0.2) is 14.8 Å². The molecule has 2 bridgehead atoms. The Labute approximate surface area is 212 Å². The lowest BCUT2D eigenvalue weighted by molar-refractivity contribution is -0.128. The second kappa shape index (κ2) is 9.87. The number of aliphatic hydroxyl groups excluding tert-OH is 1. The van der Waals surface area contributed by atoms with Crippen molar-refractivity contribution in [2.75, 3.05) is 37.4 Å². The number of anilines is 2. The first-order valence-electron chi connectivity index (χ1n) is 12.3. The van der Waals surface area contributed by atoms with E-state index in [-0.39, 0.29) is 41.9 Å². The average Bonchev–Trinajstić information content (AvgIpc) is 3.42. The van der Waals surface area contributed by atoms with Gasteiger partial charge in [-0.2, -0.15) is 9.61 Å². The zero-order valence-electron chi connectivity index (χ0n) is 20.7. The molecule has 4 N–H and O–H groups in total. The number of nitrogens with zero attached hydrogens (tertiary/aromatic N) is 5. The Morgan fingerprint density at radius 1 is 1.27 bits per heavy atom. The van der Waals surface area contributed by atoms with Crippen LogP contribution in [0.4, 0.5) is 16.4 Å². The van der Waals surface area contributed by atoms with E-state index < -0.39 is 12.7 Å². The van der Waals surface area contributed by atoms with Crippen LogP contribution in [0.2, 0.25) is 0 Å². The van der Waals surface area contributed by atoms with Gasteiger partial charge in [-0.3, -0.25) is 19.8 Å². The van der Waals surface area contributed by atoms with Crippen LogP contribution >= 0.6 is 0 Å². The molecule has 4 atom stereocenters. The van der Waals surface area contributed by atoms with Gasteiger partial charge in [-0.15, -0.1) is 0 Å². The van der Waals surface area contributed by atoms with Gasteiger partial charge in [0, 0.05) is 29.8 Å². The molecule has 2 aliphatic heterocycles. The fourth-order valence-corrected chi connectivity index (χ4v) is 5.65. The van der Waals surface area contributed by atoms with Crippen LogP contribution in [-0.2, 0) is 9.53 Å². The highest BCUT2D eigenvalue weighted by atomic mass is 16.5. The molecular formula is C25H29N7O5. The number of ether oxygens (including phenoxy) is 1. The summed E-state index contributed by atoms with van der Waals surface area (Å²) in [5.74, 6) is 0.171. The number of pyridine rings is 1. The predicted molar refractivity (Wildman–Crippen MR) is 134 cm³/mol. The van der Waals surface area contributed by atoms with Gasteiger partial charge >= 0.3 is 6.09 Å². The summed E-state index contributed by atoms with van der Waals surface area (Å²) < 4.78 is 6.33. The molecule has 194 valence electrons. The number of nitrogens with two attached hydrogens (primary N) is 1. The summed E-state index contributed by atoms with van der Waals surface area (Å²) in [7, 11) is 0. The molecule has 0 spiro atoms. The highest BCUT2D eigenvalue weighted by molar-refractivity contribution is 6.00. The minimum atomic E-state index is -0.588. The Balaban J connectivity index is 1.52. The van der Waals surface area contributed by atoms with E-state index in [0.717, 1.165) is 13.0 Å². The van der Waals surface area contributed by atoms with Crippen molar-refractivity contribution in [3.63, 3.8) is 0 Å². The third-order valence-corrected chi connectivity index (χ3v) is 7.18. The SMILES string of the molecule is CCOC(=O)Nc1ccc(-c2cnn3c(N)c(C(C)=O)c(C4CC5CCN(C4)C5C(=O)CO)nc23)cn1. The molecule has 5 heterocycles.